The summed E-state index contributed by atoms with van der Waals surface area (Å²) in [6, 6.07) is 13.2. The van der Waals surface area contributed by atoms with Gasteiger partial charge >= 0.3 is 0 Å². The molecule has 5 rings (SSSR count). The molecule has 3 aliphatic rings. The maximum absolute atomic E-state index is 13.6. The fourth-order valence-electron chi connectivity index (χ4n) is 5.20. The fourth-order valence-corrected chi connectivity index (χ4v) is 5.20. The lowest BCUT2D eigenvalue weighted by atomic mass is 9.62. The number of ether oxygens (including phenoxy) is 2. The zero-order valence-electron chi connectivity index (χ0n) is 17.1. The number of fused-ring (bicyclic) bond motifs is 5. The van der Waals surface area contributed by atoms with Gasteiger partial charge in [0.25, 0.3) is 0 Å². The SMILES string of the molecule is N#Cc1ccc2c(c1)CC1=C2C(=O)c2ccc(OC[C@H](O)CO)cc2C12CCOCC2. The molecule has 0 aromatic heterocycles. The molecular weight excluding hydrogens is 394 g/mol. The van der Waals surface area contributed by atoms with Gasteiger partial charge in [0.15, 0.2) is 5.78 Å². The Balaban J connectivity index is 1.62. The summed E-state index contributed by atoms with van der Waals surface area (Å²) in [5.41, 5.74) is 5.75. The number of rotatable bonds is 4. The molecule has 0 unspecified atom stereocenters. The van der Waals surface area contributed by atoms with Crippen LogP contribution < -0.4 is 4.74 Å². The van der Waals surface area contributed by atoms with Crippen LogP contribution in [-0.4, -0.2) is 48.5 Å². The zero-order chi connectivity index (χ0) is 21.6. The van der Waals surface area contributed by atoms with Crippen molar-refractivity contribution in [2.45, 2.75) is 30.8 Å². The molecule has 2 aromatic rings. The Kier molecular flexibility index (Phi) is 4.90. The Morgan fingerprint density at radius 1 is 1.16 bits per heavy atom. The van der Waals surface area contributed by atoms with Crippen molar-refractivity contribution in [1.82, 2.24) is 0 Å². The van der Waals surface area contributed by atoms with Crippen LogP contribution in [0.4, 0.5) is 0 Å². The molecule has 6 nitrogen and oxygen atoms in total. The summed E-state index contributed by atoms with van der Waals surface area (Å²) in [6.45, 7) is 0.830. The van der Waals surface area contributed by atoms with E-state index in [2.05, 4.69) is 6.07 Å². The summed E-state index contributed by atoms with van der Waals surface area (Å²) in [7, 11) is 0. The van der Waals surface area contributed by atoms with Crippen LogP contribution in [0.25, 0.3) is 5.57 Å². The van der Waals surface area contributed by atoms with E-state index in [1.807, 2.05) is 18.2 Å². The minimum atomic E-state index is -0.956. The molecule has 2 aliphatic carbocycles. The van der Waals surface area contributed by atoms with Gasteiger partial charge in [0.1, 0.15) is 18.5 Å². The molecule has 1 aliphatic heterocycles. The summed E-state index contributed by atoms with van der Waals surface area (Å²) in [6.07, 6.45) is 1.24. The van der Waals surface area contributed by atoms with Crippen LogP contribution in [0.1, 0.15) is 45.5 Å². The first-order valence-electron chi connectivity index (χ1n) is 10.5. The molecule has 0 radical (unpaired) electrons. The van der Waals surface area contributed by atoms with Crippen molar-refractivity contribution in [2.24, 2.45) is 0 Å². The number of nitriles is 1. The number of hydrogen-bond acceptors (Lipinski definition) is 6. The van der Waals surface area contributed by atoms with Gasteiger partial charge in [-0.3, -0.25) is 4.79 Å². The Bertz CT molecular complexity index is 1140. The summed E-state index contributed by atoms with van der Waals surface area (Å²) in [5, 5.41) is 28.0. The predicted molar refractivity (Wildman–Crippen MR) is 113 cm³/mol. The summed E-state index contributed by atoms with van der Waals surface area (Å²) in [4.78, 5) is 13.6. The Morgan fingerprint density at radius 3 is 2.68 bits per heavy atom. The van der Waals surface area contributed by atoms with Gasteiger partial charge in [-0.15, -0.1) is 0 Å². The van der Waals surface area contributed by atoms with E-state index >= 15 is 0 Å². The Morgan fingerprint density at radius 2 is 1.94 bits per heavy atom. The third kappa shape index (κ3) is 3.09. The summed E-state index contributed by atoms with van der Waals surface area (Å²) >= 11 is 0. The van der Waals surface area contributed by atoms with Crippen LogP contribution in [0, 0.1) is 11.3 Å². The molecule has 0 saturated carbocycles. The first-order chi connectivity index (χ1) is 15.1. The number of ketones is 1. The highest BCUT2D eigenvalue weighted by molar-refractivity contribution is 6.33. The molecule has 6 heteroatoms. The van der Waals surface area contributed by atoms with Crippen LogP contribution in [-0.2, 0) is 16.6 Å². The average molecular weight is 417 g/mol. The second-order valence-corrected chi connectivity index (χ2v) is 8.39. The van der Waals surface area contributed by atoms with Crippen molar-refractivity contribution >= 4 is 11.4 Å². The van der Waals surface area contributed by atoms with Gasteiger partial charge in [-0.25, -0.2) is 0 Å². The van der Waals surface area contributed by atoms with E-state index in [1.54, 1.807) is 18.2 Å². The number of nitrogens with zero attached hydrogens (tertiary/aromatic N) is 1. The highest BCUT2D eigenvalue weighted by Crippen LogP contribution is 2.54. The van der Waals surface area contributed by atoms with Crippen LogP contribution in [0.15, 0.2) is 42.0 Å². The van der Waals surface area contributed by atoms with E-state index in [9.17, 15) is 15.2 Å². The monoisotopic (exact) mass is 417 g/mol. The van der Waals surface area contributed by atoms with Crippen LogP contribution >= 0.6 is 0 Å². The van der Waals surface area contributed by atoms with E-state index in [-0.39, 0.29) is 24.4 Å². The Labute approximate surface area is 180 Å². The van der Waals surface area contributed by atoms with Gasteiger partial charge in [0.05, 0.1) is 18.2 Å². The van der Waals surface area contributed by atoms with Crippen molar-refractivity contribution in [1.29, 1.82) is 5.26 Å². The molecule has 1 heterocycles. The molecule has 158 valence electrons. The molecular formula is C25H23NO5. The second kappa shape index (κ2) is 7.61. The molecule has 2 N–H and O–H groups in total. The maximum atomic E-state index is 13.6. The lowest BCUT2D eigenvalue weighted by Gasteiger charge is -2.43. The number of Topliss-reactive ketones (excluding diaryl/α,β-unsaturated/α-hetero) is 1. The molecule has 0 amide bonds. The molecule has 1 fully saturated rings. The lowest BCUT2D eigenvalue weighted by molar-refractivity contribution is 0.0529. The third-order valence-electron chi connectivity index (χ3n) is 6.73. The zero-order valence-corrected chi connectivity index (χ0v) is 17.1. The van der Waals surface area contributed by atoms with E-state index < -0.39 is 6.10 Å². The van der Waals surface area contributed by atoms with Gasteiger partial charge in [0.2, 0.25) is 0 Å². The lowest BCUT2D eigenvalue weighted by Crippen LogP contribution is -2.40. The minimum absolute atomic E-state index is 0.00696. The average Bonchev–Trinajstić information content (AvgIpc) is 3.21. The van der Waals surface area contributed by atoms with Crippen LogP contribution in [0.2, 0.25) is 0 Å². The quantitative estimate of drug-likeness (QED) is 0.793. The van der Waals surface area contributed by atoms with Crippen LogP contribution in [0.3, 0.4) is 0 Å². The smallest absolute Gasteiger partial charge is 0.193 e. The van der Waals surface area contributed by atoms with Crippen molar-refractivity contribution < 1.29 is 24.5 Å². The van der Waals surface area contributed by atoms with Crippen molar-refractivity contribution in [2.75, 3.05) is 26.4 Å². The molecule has 2 aromatic carbocycles. The van der Waals surface area contributed by atoms with Crippen LogP contribution in [0.5, 0.6) is 5.75 Å². The van der Waals surface area contributed by atoms with Gasteiger partial charge in [-0.2, -0.15) is 5.26 Å². The number of aliphatic hydroxyl groups excluding tert-OH is 2. The van der Waals surface area contributed by atoms with E-state index in [0.717, 1.165) is 40.7 Å². The highest BCUT2D eigenvalue weighted by atomic mass is 16.5. The minimum Gasteiger partial charge on any atom is -0.491 e. The molecule has 1 atom stereocenters. The predicted octanol–water partition coefficient (Wildman–Crippen LogP) is 2.54. The van der Waals surface area contributed by atoms with Crippen molar-refractivity contribution in [3.63, 3.8) is 0 Å². The van der Waals surface area contributed by atoms with Gasteiger partial charge in [-0.1, -0.05) is 6.07 Å². The standard InChI is InChI=1S/C25H23NO5/c26-12-15-1-3-19-16(9-15)10-22-23(19)24(29)20-4-2-18(31-14-17(28)13-27)11-21(20)25(22)5-7-30-8-6-25/h1-4,9,11,17,27-28H,5-8,10,13-14H2/t17-/m1/s1. The number of carbonyl (C=O) groups is 1. The fraction of sp³-hybridized carbons (Fsp3) is 0.360. The maximum Gasteiger partial charge on any atom is 0.193 e. The highest BCUT2D eigenvalue weighted by Gasteiger charge is 2.48. The first-order valence-corrected chi connectivity index (χ1v) is 10.5. The van der Waals surface area contributed by atoms with E-state index in [4.69, 9.17) is 14.6 Å². The van der Waals surface area contributed by atoms with Gasteiger partial charge in [0, 0.05) is 29.8 Å². The number of benzene rings is 2. The Hall–Kier alpha value is -2.98. The summed E-state index contributed by atoms with van der Waals surface area (Å²) < 4.78 is 11.4. The van der Waals surface area contributed by atoms with Crippen molar-refractivity contribution in [3.05, 3.63) is 69.8 Å². The molecule has 1 spiro atoms. The molecule has 31 heavy (non-hydrogen) atoms. The number of allylic oxidation sites excluding steroid dienone is 2. The number of carbonyl (C=O) groups excluding carboxylic acids is 1. The second-order valence-electron chi connectivity index (χ2n) is 8.39. The first kappa shape index (κ1) is 20.0. The molecule has 1 saturated heterocycles. The van der Waals surface area contributed by atoms with Gasteiger partial charge in [-0.05, 0) is 71.9 Å². The number of aliphatic hydroxyl groups is 2. The largest absolute Gasteiger partial charge is 0.491 e. The van der Waals surface area contributed by atoms with E-state index in [1.165, 1.54) is 0 Å². The van der Waals surface area contributed by atoms with Gasteiger partial charge < -0.3 is 19.7 Å². The topological polar surface area (TPSA) is 99.8 Å². The van der Waals surface area contributed by atoms with E-state index in [0.29, 0.717) is 36.5 Å². The van der Waals surface area contributed by atoms with Crippen molar-refractivity contribution in [3.8, 4) is 11.8 Å². The third-order valence-corrected chi connectivity index (χ3v) is 6.73. The normalized spacial score (nSPS) is 19.5. The number of hydrogen-bond donors (Lipinski definition) is 2. The summed E-state index contributed by atoms with van der Waals surface area (Å²) in [5.74, 6) is 0.573. The molecule has 0 bridgehead atoms.